The molecule has 0 saturated heterocycles. The number of carbonyl (C=O) groups is 6. The van der Waals surface area contributed by atoms with Crippen LogP contribution < -0.4 is 0 Å². The van der Waals surface area contributed by atoms with Gasteiger partial charge in [-0.1, -0.05) is 41.5 Å². The summed E-state index contributed by atoms with van der Waals surface area (Å²) in [4.78, 5) is 75.1. The van der Waals surface area contributed by atoms with Gasteiger partial charge in [0.1, 0.15) is 0 Å². The third-order valence-corrected chi connectivity index (χ3v) is 23.0. The first-order chi connectivity index (χ1) is 42.1. The van der Waals surface area contributed by atoms with Crippen LogP contribution in [0.15, 0.2) is 0 Å². The van der Waals surface area contributed by atoms with Gasteiger partial charge in [-0.05, 0) is 0 Å². The molecule has 0 atom stereocenters. The van der Waals surface area contributed by atoms with E-state index in [4.69, 9.17) is 19.2 Å². The van der Waals surface area contributed by atoms with Crippen LogP contribution in [0.1, 0.15) is 427 Å². The van der Waals surface area contributed by atoms with E-state index >= 15 is 0 Å². The topological polar surface area (TPSA) is 158 Å². The minimum Gasteiger partial charge on any atom is -0.0654 e. The molecule has 14 heteroatoms. The first kappa shape index (κ1) is 86.4. The van der Waals surface area contributed by atoms with Crippen LogP contribution in [0.4, 0.5) is 0 Å². The van der Waals surface area contributed by atoms with Crippen LogP contribution >= 0.6 is 0 Å². The van der Waals surface area contributed by atoms with Gasteiger partial charge in [0.25, 0.3) is 0 Å². The van der Waals surface area contributed by atoms with E-state index in [1.807, 2.05) is 0 Å². The van der Waals surface area contributed by atoms with Crippen molar-refractivity contribution in [3.63, 3.8) is 0 Å². The van der Waals surface area contributed by atoms with E-state index in [0.717, 1.165) is 116 Å². The van der Waals surface area contributed by atoms with Gasteiger partial charge in [-0.25, -0.2) is 0 Å². The first-order valence-corrected chi connectivity index (χ1v) is 44.2. The van der Waals surface area contributed by atoms with Crippen LogP contribution in [0.2, 0.25) is 0 Å². The van der Waals surface area contributed by atoms with Gasteiger partial charge >= 0.3 is 509 Å². The molecule has 0 radical (unpaired) electrons. The summed E-state index contributed by atoms with van der Waals surface area (Å²) in [5, 5.41) is 0. The summed E-state index contributed by atoms with van der Waals surface area (Å²) in [6, 6.07) is 0. The van der Waals surface area contributed by atoms with Crippen LogP contribution in [-0.4, -0.2) is 75.9 Å². The van der Waals surface area contributed by atoms with Crippen molar-refractivity contribution in [3.05, 3.63) is 0 Å². The van der Waals surface area contributed by atoms with Gasteiger partial charge in [0.05, 0.1) is 0 Å². The fourth-order valence-electron chi connectivity index (χ4n) is 10.6. The number of hydrogen-bond acceptors (Lipinski definition) is 12. The molecule has 504 valence electrons. The summed E-state index contributed by atoms with van der Waals surface area (Å²) in [5.41, 5.74) is 0. The molecular formula is C72H138GaInO12. The number of hydrogen-bond donors (Lipinski definition) is 0. The molecule has 86 heavy (non-hydrogen) atoms. The van der Waals surface area contributed by atoms with Gasteiger partial charge < -0.3 is 0 Å². The van der Waals surface area contributed by atoms with Crippen molar-refractivity contribution in [1.82, 2.24) is 0 Å². The molecule has 0 aliphatic rings. The molecule has 0 unspecified atom stereocenters. The van der Waals surface area contributed by atoms with Gasteiger partial charge in [-0.15, -0.1) is 0 Å². The van der Waals surface area contributed by atoms with Crippen LogP contribution in [0, 0.1) is 0 Å². The fourth-order valence-corrected chi connectivity index (χ4v) is 16.3. The molecule has 0 aromatic rings. The minimum absolute atomic E-state index is 0.281. The second-order valence-electron chi connectivity index (χ2n) is 25.0. The Morgan fingerprint density at radius 2 is 0.326 bits per heavy atom. The second kappa shape index (κ2) is 72.4. The molecule has 0 bridgehead atoms. The van der Waals surface area contributed by atoms with E-state index in [-0.39, 0.29) is 38.5 Å². The van der Waals surface area contributed by atoms with E-state index in [0.29, 0.717) is 0 Å². The van der Waals surface area contributed by atoms with Crippen molar-refractivity contribution in [2.45, 2.75) is 427 Å². The fraction of sp³-hybridized carbons (Fsp3) is 0.917. The summed E-state index contributed by atoms with van der Waals surface area (Å²) < 4.78 is 33.1. The predicted molar refractivity (Wildman–Crippen MR) is 359 cm³/mol. The van der Waals surface area contributed by atoms with E-state index in [1.54, 1.807) is 0 Å². The van der Waals surface area contributed by atoms with Crippen LogP contribution in [0.25, 0.3) is 0 Å². The molecule has 0 heterocycles. The average Bonchev–Trinajstić information content (AvgIpc) is 3.68. The summed E-state index contributed by atoms with van der Waals surface area (Å²) in [6.45, 7) is 13.4. The van der Waals surface area contributed by atoms with Crippen LogP contribution in [0.3, 0.4) is 0 Å². The number of unbranched alkanes of at least 4 members (excludes halogenated alkanes) is 48. The van der Waals surface area contributed by atoms with Crippen molar-refractivity contribution in [3.8, 4) is 0 Å². The summed E-state index contributed by atoms with van der Waals surface area (Å²) in [6.07, 6.45) is 64.6. The minimum atomic E-state index is -4.03. The molecule has 0 aliphatic heterocycles. The van der Waals surface area contributed by atoms with E-state index in [1.165, 1.54) is 231 Å². The predicted octanol–water partition coefficient (Wildman–Crippen LogP) is 22.7. The van der Waals surface area contributed by atoms with E-state index < -0.39 is 75.9 Å². The second-order valence-corrected chi connectivity index (χ2v) is 31.3. The van der Waals surface area contributed by atoms with Gasteiger partial charge in [0, 0.05) is 0 Å². The van der Waals surface area contributed by atoms with Crippen molar-refractivity contribution in [2.24, 2.45) is 0 Å². The van der Waals surface area contributed by atoms with Crippen molar-refractivity contribution in [2.75, 3.05) is 0 Å². The van der Waals surface area contributed by atoms with Gasteiger partial charge in [0.2, 0.25) is 0 Å². The van der Waals surface area contributed by atoms with Gasteiger partial charge in [0.15, 0.2) is 0 Å². The molecule has 0 aromatic carbocycles. The summed E-state index contributed by atoms with van der Waals surface area (Å²) in [7, 11) is 0. The van der Waals surface area contributed by atoms with E-state index in [9.17, 15) is 28.8 Å². The first-order valence-electron chi connectivity index (χ1n) is 37.2. The Bertz CT molecular complexity index is 1220. The third-order valence-electron chi connectivity index (χ3n) is 16.3. The zero-order valence-electron chi connectivity index (χ0n) is 57.5. The smallest absolute Gasteiger partial charge is 0.0654 e. The number of carbonyl (C=O) groups excluding carboxylic acids is 6. The Balaban J connectivity index is 0. The molecule has 0 fully saturated rings. The Kier molecular flexibility index (Phi) is 72.7. The zero-order valence-corrected chi connectivity index (χ0v) is 63.2. The molecule has 0 aromatic heterocycles. The normalized spacial score (nSPS) is 11.0. The van der Waals surface area contributed by atoms with Crippen LogP contribution in [0.5, 0.6) is 0 Å². The summed E-state index contributed by atoms with van der Waals surface area (Å²) >= 11 is -7.80. The quantitative estimate of drug-likeness (QED) is 0.0420. The molecule has 0 amide bonds. The van der Waals surface area contributed by atoms with Gasteiger partial charge in [-0.3, -0.25) is 0 Å². The SMILES string of the molecule is CCCCCCCCCCCC(=O)[O][Ga]([O]C(=O)CCCCCCCCCCC)[O]C(=O)CCCCCCCCCCC.CCCCCCCCCCCC(=O)[O][In]([O]C(=O)CCCCCCCCCCC)[O]C(=O)CCCCCCCCCCC. The molecule has 0 saturated carbocycles. The Labute approximate surface area is 546 Å². The Hall–Kier alpha value is -1.67. The average molecular weight is 1380 g/mol. The third kappa shape index (κ3) is 69.8. The maximum absolute atomic E-state index is 12.5. The molecule has 0 rings (SSSR count). The van der Waals surface area contributed by atoms with Gasteiger partial charge in [-0.2, -0.15) is 0 Å². The monoisotopic (exact) mass is 1380 g/mol. The van der Waals surface area contributed by atoms with Crippen molar-refractivity contribution in [1.29, 1.82) is 0 Å². The van der Waals surface area contributed by atoms with Crippen molar-refractivity contribution < 1.29 is 47.9 Å². The van der Waals surface area contributed by atoms with Crippen LogP contribution in [-0.2, 0) is 47.9 Å². The Morgan fingerprint density at radius 3 is 0.477 bits per heavy atom. The Morgan fingerprint density at radius 1 is 0.198 bits per heavy atom. The number of rotatable bonds is 66. The molecule has 0 aliphatic carbocycles. The standard InChI is InChI=1S/6C12H24O2.Ga.In/c6*1-2-3-4-5-6-7-8-9-10-11-12(13)14;;/h6*2-11H2,1H3,(H,13,14);;/q;;;;;;2*+3/p-6. The molecular weight excluding hydrogens is 1240 g/mol. The maximum atomic E-state index is 12.5. The summed E-state index contributed by atoms with van der Waals surface area (Å²) in [5.74, 6) is -2.39. The van der Waals surface area contributed by atoms with Crippen molar-refractivity contribution >= 4 is 75.9 Å². The molecule has 0 spiro atoms. The van der Waals surface area contributed by atoms with E-state index in [2.05, 4.69) is 41.5 Å². The molecule has 12 nitrogen and oxygen atoms in total. The zero-order chi connectivity index (χ0) is 63.3. The molecule has 0 N–H and O–H groups in total.